The maximum absolute atomic E-state index is 12.4. The molecule has 0 bridgehead atoms. The minimum atomic E-state index is -3.85. The van der Waals surface area contributed by atoms with Gasteiger partial charge in [-0.25, -0.2) is 8.42 Å². The second-order valence-corrected chi connectivity index (χ2v) is 6.91. The van der Waals surface area contributed by atoms with Crippen molar-refractivity contribution in [3.8, 4) is 5.75 Å². The first kappa shape index (κ1) is 15.6. The molecule has 0 atom stereocenters. The zero-order valence-electron chi connectivity index (χ0n) is 11.9. The van der Waals surface area contributed by atoms with Crippen LogP contribution < -0.4 is 14.8 Å². The van der Waals surface area contributed by atoms with Gasteiger partial charge in [0.15, 0.2) is 0 Å². The molecule has 0 unspecified atom stereocenters. The van der Waals surface area contributed by atoms with Crippen LogP contribution in [0.2, 0.25) is 5.02 Å². The number of ether oxygens (including phenoxy) is 1. The van der Waals surface area contributed by atoms with Gasteiger partial charge in [0.25, 0.3) is 15.9 Å². The summed E-state index contributed by atoms with van der Waals surface area (Å²) in [6.45, 7) is 0.762. The summed E-state index contributed by atoms with van der Waals surface area (Å²) < 4.78 is 32.7. The van der Waals surface area contributed by atoms with E-state index in [4.69, 9.17) is 16.3 Å². The van der Waals surface area contributed by atoms with E-state index in [9.17, 15) is 13.2 Å². The van der Waals surface area contributed by atoms with Crippen LogP contribution in [0.25, 0.3) is 0 Å². The van der Waals surface area contributed by atoms with Crippen LogP contribution in [0, 0.1) is 0 Å². The van der Waals surface area contributed by atoms with Crippen LogP contribution in [-0.2, 0) is 10.0 Å². The zero-order chi connectivity index (χ0) is 16.4. The largest absolute Gasteiger partial charge is 0.491 e. The second kappa shape index (κ2) is 6.10. The maximum atomic E-state index is 12.4. The first-order chi connectivity index (χ1) is 11.0. The van der Waals surface area contributed by atoms with Crippen molar-refractivity contribution >= 4 is 33.2 Å². The van der Waals surface area contributed by atoms with Crippen molar-refractivity contribution in [2.24, 2.45) is 0 Å². The lowest BCUT2D eigenvalue weighted by molar-refractivity contribution is 0.0957. The monoisotopic (exact) mass is 352 g/mol. The van der Waals surface area contributed by atoms with Crippen molar-refractivity contribution in [1.82, 2.24) is 5.32 Å². The number of sulfonamides is 1. The van der Waals surface area contributed by atoms with Gasteiger partial charge in [0.2, 0.25) is 0 Å². The first-order valence-electron chi connectivity index (χ1n) is 6.80. The fourth-order valence-electron chi connectivity index (χ4n) is 2.19. The third-order valence-electron chi connectivity index (χ3n) is 3.25. The third kappa shape index (κ3) is 3.25. The van der Waals surface area contributed by atoms with Crippen molar-refractivity contribution in [2.45, 2.75) is 4.90 Å². The Morgan fingerprint density at radius 1 is 1.17 bits per heavy atom. The van der Waals surface area contributed by atoms with Gasteiger partial charge >= 0.3 is 0 Å². The number of anilines is 1. The highest BCUT2D eigenvalue weighted by Crippen LogP contribution is 2.27. The second-order valence-electron chi connectivity index (χ2n) is 4.85. The highest BCUT2D eigenvalue weighted by atomic mass is 35.5. The Labute approximate surface area is 138 Å². The Morgan fingerprint density at radius 3 is 2.74 bits per heavy atom. The predicted molar refractivity (Wildman–Crippen MR) is 86.5 cm³/mol. The zero-order valence-corrected chi connectivity index (χ0v) is 13.4. The van der Waals surface area contributed by atoms with Crippen LogP contribution in [0.5, 0.6) is 5.75 Å². The predicted octanol–water partition coefficient (Wildman–Crippen LogP) is 2.26. The summed E-state index contributed by atoms with van der Waals surface area (Å²) in [4.78, 5) is 11.9. The van der Waals surface area contributed by atoms with Gasteiger partial charge in [-0.05, 0) is 30.3 Å². The molecule has 3 rings (SSSR count). The molecule has 2 aromatic carbocycles. The van der Waals surface area contributed by atoms with Crippen molar-refractivity contribution < 1.29 is 17.9 Å². The summed E-state index contributed by atoms with van der Waals surface area (Å²) in [6, 6.07) is 10.7. The smallest absolute Gasteiger partial charge is 0.263 e. The summed E-state index contributed by atoms with van der Waals surface area (Å²) in [5.41, 5.74) is 0.533. The highest BCUT2D eigenvalue weighted by molar-refractivity contribution is 7.92. The van der Waals surface area contributed by atoms with Gasteiger partial charge in [0, 0.05) is 5.69 Å². The molecule has 120 valence electrons. The van der Waals surface area contributed by atoms with Gasteiger partial charge in [-0.3, -0.25) is 9.52 Å². The Morgan fingerprint density at radius 2 is 1.96 bits per heavy atom. The lowest BCUT2D eigenvalue weighted by atomic mass is 10.1. The molecular weight excluding hydrogens is 340 g/mol. The van der Waals surface area contributed by atoms with Crippen LogP contribution in [0.3, 0.4) is 0 Å². The number of benzene rings is 2. The first-order valence-corrected chi connectivity index (χ1v) is 8.66. The van der Waals surface area contributed by atoms with E-state index in [2.05, 4.69) is 10.0 Å². The van der Waals surface area contributed by atoms with Gasteiger partial charge < -0.3 is 10.1 Å². The number of nitrogens with one attached hydrogen (secondary N) is 2. The lowest BCUT2D eigenvalue weighted by Gasteiger charge is -2.11. The van der Waals surface area contributed by atoms with E-state index in [0.717, 1.165) is 0 Å². The molecule has 6 nitrogen and oxygen atoms in total. The average molecular weight is 353 g/mol. The molecule has 1 aliphatic rings. The molecule has 2 aromatic rings. The molecule has 0 spiro atoms. The molecule has 0 fully saturated rings. The molecule has 2 N–H and O–H groups in total. The van der Waals surface area contributed by atoms with E-state index in [1.807, 2.05) is 0 Å². The summed E-state index contributed by atoms with van der Waals surface area (Å²) in [7, 11) is -3.85. The minimum absolute atomic E-state index is 0.0303. The Balaban J connectivity index is 1.95. The Hall–Kier alpha value is -2.25. The standard InChI is InChI=1S/C15H13ClN2O4S/c16-12-3-1-2-4-14(12)23(20,21)18-10-5-6-13-11(9-10)15(19)17-7-8-22-13/h1-6,9,18H,7-8H2,(H,17,19). The lowest BCUT2D eigenvalue weighted by Crippen LogP contribution is -2.24. The summed E-state index contributed by atoms with van der Waals surface area (Å²) in [6.07, 6.45) is 0. The number of carbonyl (C=O) groups excluding carboxylic acids is 1. The third-order valence-corrected chi connectivity index (χ3v) is 5.13. The van der Waals surface area contributed by atoms with Crippen LogP contribution in [0.1, 0.15) is 10.4 Å². The molecule has 8 heteroatoms. The highest BCUT2D eigenvalue weighted by Gasteiger charge is 2.20. The summed E-state index contributed by atoms with van der Waals surface area (Å²) in [5, 5.41) is 2.79. The fraction of sp³-hybridized carbons (Fsp3) is 0.133. The van der Waals surface area contributed by atoms with Gasteiger partial charge in [-0.1, -0.05) is 23.7 Å². The average Bonchev–Trinajstić information content (AvgIpc) is 2.69. The molecule has 0 radical (unpaired) electrons. The molecule has 1 aliphatic heterocycles. The van der Waals surface area contributed by atoms with E-state index in [1.54, 1.807) is 18.2 Å². The van der Waals surface area contributed by atoms with Gasteiger partial charge in [-0.15, -0.1) is 0 Å². The SMILES string of the molecule is O=C1NCCOc2ccc(NS(=O)(=O)c3ccccc3Cl)cc21. The minimum Gasteiger partial charge on any atom is -0.491 e. The van der Waals surface area contributed by atoms with Gasteiger partial charge in [0.05, 0.1) is 17.1 Å². The molecule has 23 heavy (non-hydrogen) atoms. The molecule has 1 heterocycles. The number of hydrogen-bond acceptors (Lipinski definition) is 4. The van der Waals surface area contributed by atoms with Crippen LogP contribution >= 0.6 is 11.6 Å². The van der Waals surface area contributed by atoms with Gasteiger partial charge in [0.1, 0.15) is 17.3 Å². The normalized spacial score (nSPS) is 14.2. The van der Waals surface area contributed by atoms with E-state index in [0.29, 0.717) is 18.9 Å². The van der Waals surface area contributed by atoms with Crippen LogP contribution in [-0.4, -0.2) is 27.5 Å². The number of carbonyl (C=O) groups is 1. The van der Waals surface area contributed by atoms with E-state index >= 15 is 0 Å². The van der Waals surface area contributed by atoms with Crippen molar-refractivity contribution in [3.63, 3.8) is 0 Å². The van der Waals surface area contributed by atoms with Crippen LogP contribution in [0.4, 0.5) is 5.69 Å². The van der Waals surface area contributed by atoms with Crippen molar-refractivity contribution in [2.75, 3.05) is 17.9 Å². The molecule has 1 amide bonds. The van der Waals surface area contributed by atoms with Gasteiger partial charge in [-0.2, -0.15) is 0 Å². The van der Waals surface area contributed by atoms with Crippen LogP contribution in [0.15, 0.2) is 47.4 Å². The Kier molecular flexibility index (Phi) is 4.14. The Bertz CT molecular complexity index is 868. The molecule has 0 aromatic heterocycles. The number of halogens is 1. The maximum Gasteiger partial charge on any atom is 0.263 e. The molecule has 0 saturated heterocycles. The quantitative estimate of drug-likeness (QED) is 0.887. The van der Waals surface area contributed by atoms with E-state index < -0.39 is 10.0 Å². The molecule has 0 aliphatic carbocycles. The number of amides is 1. The van der Waals surface area contributed by atoms with Crippen molar-refractivity contribution in [1.29, 1.82) is 0 Å². The summed E-state index contributed by atoms with van der Waals surface area (Å²) >= 11 is 5.93. The fourth-order valence-corrected chi connectivity index (χ4v) is 3.76. The number of hydrogen-bond donors (Lipinski definition) is 2. The summed E-state index contributed by atoms with van der Waals surface area (Å²) in [5.74, 6) is 0.108. The van der Waals surface area contributed by atoms with E-state index in [-0.39, 0.29) is 27.1 Å². The number of rotatable bonds is 3. The molecular formula is C15H13ClN2O4S. The van der Waals surface area contributed by atoms with Crippen molar-refractivity contribution in [3.05, 3.63) is 53.1 Å². The van der Waals surface area contributed by atoms with E-state index in [1.165, 1.54) is 24.3 Å². The molecule has 0 saturated carbocycles. The topological polar surface area (TPSA) is 84.5 Å². The number of fused-ring (bicyclic) bond motifs is 1.